The van der Waals surface area contributed by atoms with Crippen molar-refractivity contribution >= 4 is 10.0 Å². The van der Waals surface area contributed by atoms with E-state index in [1.165, 1.54) is 5.56 Å². The van der Waals surface area contributed by atoms with Crippen LogP contribution in [0, 0.1) is 13.8 Å². The van der Waals surface area contributed by atoms with Gasteiger partial charge in [0.15, 0.2) is 11.5 Å². The molecule has 2 aromatic rings. The first-order valence-corrected chi connectivity index (χ1v) is 11.7. The highest BCUT2D eigenvalue weighted by atomic mass is 32.2. The Kier molecular flexibility index (Phi) is 6.17. The maximum Gasteiger partial charge on any atom is 0.243 e. The molecule has 0 N–H and O–H groups in total. The van der Waals surface area contributed by atoms with E-state index in [1.54, 1.807) is 22.5 Å². The Labute approximate surface area is 178 Å². The molecule has 1 fully saturated rings. The number of nitrogens with zero attached hydrogens (tertiary/aromatic N) is 2. The van der Waals surface area contributed by atoms with Crippen LogP contribution in [0.2, 0.25) is 0 Å². The summed E-state index contributed by atoms with van der Waals surface area (Å²) in [6.07, 6.45) is 0. The average molecular weight is 433 g/mol. The van der Waals surface area contributed by atoms with E-state index < -0.39 is 10.0 Å². The molecule has 0 unspecified atom stereocenters. The van der Waals surface area contributed by atoms with Gasteiger partial charge in [0.2, 0.25) is 10.0 Å². The zero-order valence-corrected chi connectivity index (χ0v) is 18.3. The predicted molar refractivity (Wildman–Crippen MR) is 114 cm³/mol. The van der Waals surface area contributed by atoms with E-state index in [9.17, 15) is 8.42 Å². The molecule has 0 saturated carbocycles. The summed E-state index contributed by atoms with van der Waals surface area (Å²) in [5.41, 5.74) is 2.30. The smallest absolute Gasteiger partial charge is 0.243 e. The van der Waals surface area contributed by atoms with E-state index in [0.29, 0.717) is 57.5 Å². The number of rotatable bonds is 6. The molecule has 4 rings (SSSR count). The van der Waals surface area contributed by atoms with Gasteiger partial charge in [-0.05, 0) is 43.2 Å². The highest BCUT2D eigenvalue weighted by Gasteiger charge is 2.29. The number of benzene rings is 2. The van der Waals surface area contributed by atoms with Crippen LogP contribution >= 0.6 is 0 Å². The van der Waals surface area contributed by atoms with Gasteiger partial charge in [0.05, 0.1) is 4.90 Å². The van der Waals surface area contributed by atoms with Crippen molar-refractivity contribution in [2.75, 3.05) is 52.5 Å². The van der Waals surface area contributed by atoms with Crippen molar-refractivity contribution in [2.45, 2.75) is 18.7 Å². The fraction of sp³-hybridized carbons (Fsp3) is 0.455. The zero-order valence-electron chi connectivity index (χ0n) is 17.5. The van der Waals surface area contributed by atoms with Gasteiger partial charge in [-0.1, -0.05) is 12.1 Å². The molecule has 1 saturated heterocycles. The molecular formula is C22H28N2O5S. The Bertz CT molecular complexity index is 1000. The minimum atomic E-state index is -3.55. The third kappa shape index (κ3) is 4.55. The zero-order chi connectivity index (χ0) is 21.1. The molecule has 0 aromatic heterocycles. The van der Waals surface area contributed by atoms with Gasteiger partial charge in [0.1, 0.15) is 25.6 Å². The van der Waals surface area contributed by atoms with E-state index >= 15 is 0 Å². The number of sulfonamides is 1. The predicted octanol–water partition coefficient (Wildman–Crippen LogP) is 2.46. The molecule has 2 aliphatic rings. The van der Waals surface area contributed by atoms with E-state index in [1.807, 2.05) is 19.9 Å². The van der Waals surface area contributed by atoms with Crippen LogP contribution in [0.5, 0.6) is 17.2 Å². The molecule has 7 nitrogen and oxygen atoms in total. The standard InChI is InChI=1S/C22H28N2O5S/c1-17-3-4-18(2)21(15-17)27-12-11-23-7-9-24(10-8-23)30(25,26)19-5-6-20-22(16-19)29-14-13-28-20/h3-6,15-16H,7-14H2,1-2H3. The lowest BCUT2D eigenvalue weighted by Crippen LogP contribution is -2.49. The monoisotopic (exact) mass is 432 g/mol. The molecule has 8 heteroatoms. The summed E-state index contributed by atoms with van der Waals surface area (Å²) in [5.74, 6) is 1.99. The van der Waals surface area contributed by atoms with Crippen LogP contribution in [0.4, 0.5) is 0 Å². The molecule has 2 heterocycles. The fourth-order valence-corrected chi connectivity index (χ4v) is 5.11. The van der Waals surface area contributed by atoms with Gasteiger partial charge in [0.25, 0.3) is 0 Å². The van der Waals surface area contributed by atoms with Crippen LogP contribution in [0.3, 0.4) is 0 Å². The van der Waals surface area contributed by atoms with E-state index in [-0.39, 0.29) is 4.90 Å². The van der Waals surface area contributed by atoms with Gasteiger partial charge < -0.3 is 14.2 Å². The average Bonchev–Trinajstić information content (AvgIpc) is 2.76. The molecule has 2 aliphatic heterocycles. The van der Waals surface area contributed by atoms with Crippen molar-refractivity contribution in [1.29, 1.82) is 0 Å². The third-order valence-corrected chi connectivity index (χ3v) is 7.39. The first kappa shape index (κ1) is 21.0. The third-order valence-electron chi connectivity index (χ3n) is 5.49. The number of ether oxygens (including phenoxy) is 3. The lowest BCUT2D eigenvalue weighted by molar-refractivity contribution is 0.158. The summed E-state index contributed by atoms with van der Waals surface area (Å²) in [4.78, 5) is 2.49. The lowest BCUT2D eigenvalue weighted by Gasteiger charge is -2.34. The number of hydrogen-bond acceptors (Lipinski definition) is 6. The summed E-state index contributed by atoms with van der Waals surface area (Å²) >= 11 is 0. The van der Waals surface area contributed by atoms with E-state index in [4.69, 9.17) is 14.2 Å². The van der Waals surface area contributed by atoms with Gasteiger partial charge in [-0.3, -0.25) is 4.90 Å². The van der Waals surface area contributed by atoms with Crippen molar-refractivity contribution in [2.24, 2.45) is 0 Å². The topological polar surface area (TPSA) is 68.3 Å². The van der Waals surface area contributed by atoms with Crippen LogP contribution in [-0.4, -0.2) is 70.2 Å². The molecule has 0 radical (unpaired) electrons. The SMILES string of the molecule is Cc1ccc(C)c(OCCN2CCN(S(=O)(=O)c3ccc4c(c3)OCCO4)CC2)c1. The Balaban J connectivity index is 1.31. The molecule has 30 heavy (non-hydrogen) atoms. The van der Waals surface area contributed by atoms with Gasteiger partial charge in [-0.15, -0.1) is 0 Å². The molecule has 0 spiro atoms. The molecule has 0 amide bonds. The summed E-state index contributed by atoms with van der Waals surface area (Å²) in [5, 5.41) is 0. The maximum atomic E-state index is 13.0. The number of fused-ring (bicyclic) bond motifs is 1. The summed E-state index contributed by atoms with van der Waals surface area (Å²) in [7, 11) is -3.55. The molecule has 2 aromatic carbocycles. The van der Waals surface area contributed by atoms with Crippen molar-refractivity contribution in [3.63, 3.8) is 0 Å². The van der Waals surface area contributed by atoms with Gasteiger partial charge in [-0.25, -0.2) is 8.42 Å². The molecule has 162 valence electrons. The van der Waals surface area contributed by atoms with Crippen LogP contribution in [0.1, 0.15) is 11.1 Å². The van der Waals surface area contributed by atoms with Gasteiger partial charge >= 0.3 is 0 Å². The first-order valence-electron chi connectivity index (χ1n) is 10.3. The number of aryl methyl sites for hydroxylation is 2. The minimum absolute atomic E-state index is 0.249. The highest BCUT2D eigenvalue weighted by Crippen LogP contribution is 2.33. The van der Waals surface area contributed by atoms with Crippen molar-refractivity contribution in [3.8, 4) is 17.2 Å². The minimum Gasteiger partial charge on any atom is -0.492 e. The Morgan fingerprint density at radius 1 is 0.933 bits per heavy atom. The largest absolute Gasteiger partial charge is 0.492 e. The van der Waals surface area contributed by atoms with E-state index in [2.05, 4.69) is 17.0 Å². The second-order valence-electron chi connectivity index (χ2n) is 7.67. The molecular weight excluding hydrogens is 404 g/mol. The second-order valence-corrected chi connectivity index (χ2v) is 9.61. The van der Waals surface area contributed by atoms with Gasteiger partial charge in [0, 0.05) is 38.8 Å². The van der Waals surface area contributed by atoms with Gasteiger partial charge in [-0.2, -0.15) is 4.31 Å². The molecule has 0 aliphatic carbocycles. The lowest BCUT2D eigenvalue weighted by atomic mass is 10.1. The van der Waals surface area contributed by atoms with Crippen LogP contribution in [0.15, 0.2) is 41.3 Å². The molecule has 0 bridgehead atoms. The van der Waals surface area contributed by atoms with Crippen molar-refractivity contribution < 1.29 is 22.6 Å². The Hall–Kier alpha value is -2.29. The van der Waals surface area contributed by atoms with E-state index in [0.717, 1.165) is 17.9 Å². The quantitative estimate of drug-likeness (QED) is 0.699. The normalized spacial score (nSPS) is 17.7. The fourth-order valence-electron chi connectivity index (χ4n) is 3.67. The summed E-state index contributed by atoms with van der Waals surface area (Å²) in [6.45, 7) is 8.63. The summed E-state index contributed by atoms with van der Waals surface area (Å²) in [6, 6.07) is 11.0. The van der Waals surface area contributed by atoms with Crippen LogP contribution < -0.4 is 14.2 Å². The van der Waals surface area contributed by atoms with Crippen molar-refractivity contribution in [3.05, 3.63) is 47.5 Å². The first-order chi connectivity index (χ1) is 14.4. The number of piperazine rings is 1. The summed E-state index contributed by atoms with van der Waals surface area (Å²) < 4.78 is 44.6. The Morgan fingerprint density at radius 3 is 2.43 bits per heavy atom. The number of hydrogen-bond donors (Lipinski definition) is 0. The molecule has 0 atom stereocenters. The van der Waals surface area contributed by atoms with Crippen molar-refractivity contribution in [1.82, 2.24) is 9.21 Å². The maximum absolute atomic E-state index is 13.0. The van der Waals surface area contributed by atoms with Crippen LogP contribution in [0.25, 0.3) is 0 Å². The Morgan fingerprint density at radius 2 is 1.67 bits per heavy atom. The second kappa shape index (κ2) is 8.83. The van der Waals surface area contributed by atoms with Crippen LogP contribution in [-0.2, 0) is 10.0 Å². The highest BCUT2D eigenvalue weighted by molar-refractivity contribution is 7.89.